The number of alkyl halides is 3. The SMILES string of the molecule is Cc1cc(C(F)(F)F)ncc1N1CC2(CCC(c3ccccc3)(N(C)C)CC2)NC1=O. The Morgan fingerprint density at radius 3 is 2.29 bits per heavy atom. The third kappa shape index (κ3) is 3.78. The molecule has 8 heteroatoms. The molecule has 1 aromatic carbocycles. The standard InChI is InChI=1S/C23H27F3N4O/c1-16-13-19(23(24,25)26)27-14-18(16)30-15-21(28-20(30)31)9-11-22(12-10-21,29(2)3)17-7-5-4-6-8-17/h4-8,13-14H,9-12,15H2,1-3H3,(H,28,31). The summed E-state index contributed by atoms with van der Waals surface area (Å²) >= 11 is 0. The predicted molar refractivity (Wildman–Crippen MR) is 113 cm³/mol. The molecule has 0 atom stereocenters. The fourth-order valence-electron chi connectivity index (χ4n) is 5.06. The monoisotopic (exact) mass is 432 g/mol. The van der Waals surface area contributed by atoms with Gasteiger partial charge in [-0.1, -0.05) is 30.3 Å². The van der Waals surface area contributed by atoms with E-state index >= 15 is 0 Å². The van der Waals surface area contributed by atoms with Gasteiger partial charge in [0.2, 0.25) is 0 Å². The number of carbonyl (C=O) groups is 1. The lowest BCUT2D eigenvalue weighted by Gasteiger charge is -2.48. The number of anilines is 1. The lowest BCUT2D eigenvalue weighted by Crippen LogP contribution is -2.54. The number of aromatic nitrogens is 1. The maximum absolute atomic E-state index is 13.0. The van der Waals surface area contributed by atoms with E-state index in [1.807, 2.05) is 18.2 Å². The van der Waals surface area contributed by atoms with E-state index in [4.69, 9.17) is 0 Å². The van der Waals surface area contributed by atoms with Gasteiger partial charge in [0.1, 0.15) is 5.69 Å². The molecule has 0 unspecified atom stereocenters. The van der Waals surface area contributed by atoms with Crippen molar-refractivity contribution in [3.05, 3.63) is 59.4 Å². The second kappa shape index (κ2) is 7.51. The summed E-state index contributed by atoms with van der Waals surface area (Å²) in [6.45, 7) is 2.01. The van der Waals surface area contributed by atoms with Crippen LogP contribution in [-0.4, -0.2) is 42.1 Å². The first-order valence-electron chi connectivity index (χ1n) is 10.4. The second-order valence-electron chi connectivity index (χ2n) is 8.94. The van der Waals surface area contributed by atoms with Gasteiger partial charge in [0, 0.05) is 5.54 Å². The van der Waals surface area contributed by atoms with Gasteiger partial charge in [0.05, 0.1) is 24.0 Å². The minimum absolute atomic E-state index is 0.101. The summed E-state index contributed by atoms with van der Waals surface area (Å²) in [5, 5.41) is 3.14. The van der Waals surface area contributed by atoms with Gasteiger partial charge in [-0.3, -0.25) is 9.80 Å². The molecule has 4 rings (SSSR count). The van der Waals surface area contributed by atoms with Crippen molar-refractivity contribution in [1.29, 1.82) is 0 Å². The van der Waals surface area contributed by atoms with Crippen LogP contribution in [0.1, 0.15) is 42.5 Å². The number of pyridine rings is 1. The number of amides is 2. The topological polar surface area (TPSA) is 48.5 Å². The first-order chi connectivity index (χ1) is 14.6. The molecule has 2 aromatic rings. The number of nitrogens with one attached hydrogen (secondary N) is 1. The van der Waals surface area contributed by atoms with Crippen molar-refractivity contribution >= 4 is 11.7 Å². The van der Waals surface area contributed by atoms with Gasteiger partial charge in [0.25, 0.3) is 0 Å². The molecule has 2 amide bonds. The van der Waals surface area contributed by atoms with Crippen LogP contribution in [0.2, 0.25) is 0 Å². The lowest BCUT2D eigenvalue weighted by molar-refractivity contribution is -0.141. The van der Waals surface area contributed by atoms with E-state index in [1.54, 1.807) is 6.92 Å². The largest absolute Gasteiger partial charge is 0.433 e. The van der Waals surface area contributed by atoms with Crippen molar-refractivity contribution in [2.24, 2.45) is 0 Å². The molecular formula is C23H27F3N4O. The minimum Gasteiger partial charge on any atom is -0.330 e. The minimum atomic E-state index is -4.51. The maximum Gasteiger partial charge on any atom is 0.433 e. The lowest BCUT2D eigenvalue weighted by atomic mass is 9.69. The number of aryl methyl sites for hydroxylation is 1. The highest BCUT2D eigenvalue weighted by Crippen LogP contribution is 2.46. The Morgan fingerprint density at radius 2 is 1.74 bits per heavy atom. The fraction of sp³-hybridized carbons (Fsp3) is 0.478. The Kier molecular flexibility index (Phi) is 5.24. The third-order valence-corrected chi connectivity index (χ3v) is 6.94. The Labute approximate surface area is 180 Å². The predicted octanol–water partition coefficient (Wildman–Crippen LogP) is 4.71. The highest BCUT2D eigenvalue weighted by Gasteiger charge is 2.50. The van der Waals surface area contributed by atoms with E-state index in [9.17, 15) is 18.0 Å². The smallest absolute Gasteiger partial charge is 0.330 e. The van der Waals surface area contributed by atoms with E-state index in [0.717, 1.165) is 37.9 Å². The zero-order chi connectivity index (χ0) is 22.4. The van der Waals surface area contributed by atoms with E-state index in [2.05, 4.69) is 41.4 Å². The first-order valence-corrected chi connectivity index (χ1v) is 10.4. The molecule has 1 aromatic heterocycles. The Morgan fingerprint density at radius 1 is 1.10 bits per heavy atom. The maximum atomic E-state index is 13.0. The molecule has 1 saturated heterocycles. The normalized spacial score (nSPS) is 26.5. The first kappa shape index (κ1) is 21.6. The zero-order valence-corrected chi connectivity index (χ0v) is 18.0. The van der Waals surface area contributed by atoms with Gasteiger partial charge in [-0.15, -0.1) is 0 Å². The molecule has 0 bridgehead atoms. The van der Waals surface area contributed by atoms with Crippen molar-refractivity contribution in [3.63, 3.8) is 0 Å². The van der Waals surface area contributed by atoms with Gasteiger partial charge in [-0.05, 0) is 63.9 Å². The van der Waals surface area contributed by atoms with Crippen LogP contribution < -0.4 is 10.2 Å². The number of nitrogens with zero attached hydrogens (tertiary/aromatic N) is 3. The molecule has 0 radical (unpaired) electrons. The van der Waals surface area contributed by atoms with Crippen LogP contribution in [-0.2, 0) is 11.7 Å². The molecule has 1 saturated carbocycles. The third-order valence-electron chi connectivity index (χ3n) is 6.94. The highest BCUT2D eigenvalue weighted by atomic mass is 19.4. The number of rotatable bonds is 3. The van der Waals surface area contributed by atoms with Gasteiger partial charge in [-0.2, -0.15) is 13.2 Å². The van der Waals surface area contributed by atoms with Crippen LogP contribution >= 0.6 is 0 Å². The fourth-order valence-corrected chi connectivity index (χ4v) is 5.06. The molecule has 2 heterocycles. The molecule has 31 heavy (non-hydrogen) atoms. The molecule has 1 aliphatic heterocycles. The summed E-state index contributed by atoms with van der Waals surface area (Å²) in [5.41, 5.74) is 0.641. The highest BCUT2D eigenvalue weighted by molar-refractivity contribution is 5.95. The number of hydrogen-bond acceptors (Lipinski definition) is 3. The Balaban J connectivity index is 1.55. The molecule has 1 aliphatic carbocycles. The van der Waals surface area contributed by atoms with E-state index in [1.165, 1.54) is 10.5 Å². The molecular weight excluding hydrogens is 405 g/mol. The van der Waals surface area contributed by atoms with Crippen molar-refractivity contribution in [2.45, 2.75) is 49.9 Å². The van der Waals surface area contributed by atoms with Crippen molar-refractivity contribution < 1.29 is 18.0 Å². The van der Waals surface area contributed by atoms with Crippen LogP contribution in [0.5, 0.6) is 0 Å². The average molecular weight is 432 g/mol. The van der Waals surface area contributed by atoms with Crippen LogP contribution in [0, 0.1) is 6.92 Å². The van der Waals surface area contributed by atoms with Crippen LogP contribution in [0.3, 0.4) is 0 Å². The summed E-state index contributed by atoms with van der Waals surface area (Å²) in [6.07, 6.45) is -0.0165. The molecule has 1 spiro atoms. The van der Waals surface area contributed by atoms with Gasteiger partial charge in [0.15, 0.2) is 0 Å². The number of benzene rings is 1. The molecule has 1 N–H and O–H groups in total. The van der Waals surface area contributed by atoms with E-state index in [-0.39, 0.29) is 17.1 Å². The summed E-state index contributed by atoms with van der Waals surface area (Å²) < 4.78 is 38.9. The van der Waals surface area contributed by atoms with Crippen molar-refractivity contribution in [3.8, 4) is 0 Å². The van der Waals surface area contributed by atoms with Crippen LogP contribution in [0.25, 0.3) is 0 Å². The molecule has 166 valence electrons. The number of urea groups is 1. The zero-order valence-electron chi connectivity index (χ0n) is 18.0. The van der Waals surface area contributed by atoms with Gasteiger partial charge < -0.3 is 5.32 Å². The van der Waals surface area contributed by atoms with E-state index < -0.39 is 11.9 Å². The Hall–Kier alpha value is -2.61. The number of hydrogen-bond donors (Lipinski definition) is 1. The quantitative estimate of drug-likeness (QED) is 0.764. The van der Waals surface area contributed by atoms with E-state index in [0.29, 0.717) is 17.8 Å². The van der Waals surface area contributed by atoms with Crippen LogP contribution in [0.4, 0.5) is 23.7 Å². The van der Waals surface area contributed by atoms with Gasteiger partial charge >= 0.3 is 12.2 Å². The second-order valence-corrected chi connectivity index (χ2v) is 8.94. The van der Waals surface area contributed by atoms with Crippen molar-refractivity contribution in [1.82, 2.24) is 15.2 Å². The summed E-state index contributed by atoms with van der Waals surface area (Å²) in [7, 11) is 4.17. The van der Waals surface area contributed by atoms with Crippen LogP contribution in [0.15, 0.2) is 42.6 Å². The summed E-state index contributed by atoms with van der Waals surface area (Å²) in [5.74, 6) is 0. The average Bonchev–Trinajstić information content (AvgIpc) is 3.04. The molecule has 2 fully saturated rings. The van der Waals surface area contributed by atoms with Gasteiger partial charge in [-0.25, -0.2) is 9.78 Å². The van der Waals surface area contributed by atoms with Crippen molar-refractivity contribution in [2.75, 3.05) is 25.5 Å². The Bertz CT molecular complexity index is 967. The number of carbonyl (C=O) groups excluding carboxylic acids is 1. The molecule has 5 nitrogen and oxygen atoms in total. The molecule has 2 aliphatic rings. The number of halogens is 3. The summed E-state index contributed by atoms with van der Waals surface area (Å²) in [4.78, 5) is 20.2. The summed E-state index contributed by atoms with van der Waals surface area (Å²) in [6, 6.07) is 11.1.